The van der Waals surface area contributed by atoms with Crippen molar-refractivity contribution in [3.8, 4) is 0 Å². The van der Waals surface area contributed by atoms with Crippen molar-refractivity contribution in [3.63, 3.8) is 0 Å². The predicted octanol–water partition coefficient (Wildman–Crippen LogP) is 2.45. The van der Waals surface area contributed by atoms with Crippen LogP contribution >= 0.6 is 15.9 Å². The molecule has 1 atom stereocenters. The number of hydrogen-bond acceptors (Lipinski definition) is 3. The number of nitrogens with one attached hydrogen (secondary N) is 1. The van der Waals surface area contributed by atoms with E-state index in [0.717, 1.165) is 36.9 Å². The van der Waals surface area contributed by atoms with Crippen molar-refractivity contribution in [3.05, 3.63) is 28.5 Å². The van der Waals surface area contributed by atoms with E-state index in [1.807, 2.05) is 11.0 Å². The molecule has 0 radical (unpaired) electrons. The molecular weight excluding hydrogens is 318 g/mol. The maximum absolute atomic E-state index is 12.6. The Hall–Kier alpha value is -0.940. The molecule has 1 saturated carbocycles. The summed E-state index contributed by atoms with van der Waals surface area (Å²) in [5, 5.41) is 3.43. The first kappa shape index (κ1) is 14.0. The summed E-state index contributed by atoms with van der Waals surface area (Å²) >= 11 is 3.36. The molecule has 1 N–H and O–H groups in total. The van der Waals surface area contributed by atoms with E-state index in [1.165, 1.54) is 12.8 Å². The van der Waals surface area contributed by atoms with E-state index in [4.69, 9.17) is 0 Å². The molecule has 1 saturated heterocycles. The summed E-state index contributed by atoms with van der Waals surface area (Å²) in [5.74, 6) is 0.675. The Morgan fingerprint density at radius 1 is 1.40 bits per heavy atom. The first-order valence-electron chi connectivity index (χ1n) is 7.37. The maximum Gasteiger partial charge on any atom is 0.272 e. The second kappa shape index (κ2) is 6.22. The van der Waals surface area contributed by atoms with Crippen LogP contribution in [0.3, 0.4) is 0 Å². The Kier molecular flexibility index (Phi) is 4.36. The molecule has 1 aliphatic heterocycles. The van der Waals surface area contributed by atoms with Gasteiger partial charge in [0, 0.05) is 23.3 Å². The number of hydrogen-bond donors (Lipinski definition) is 1. The summed E-state index contributed by atoms with van der Waals surface area (Å²) in [6, 6.07) is 4.13. The molecule has 108 valence electrons. The quantitative estimate of drug-likeness (QED) is 0.917. The highest BCUT2D eigenvalue weighted by atomic mass is 79.9. The van der Waals surface area contributed by atoms with E-state index in [2.05, 4.69) is 26.2 Å². The van der Waals surface area contributed by atoms with Crippen molar-refractivity contribution in [1.29, 1.82) is 0 Å². The van der Waals surface area contributed by atoms with E-state index in [-0.39, 0.29) is 5.91 Å². The van der Waals surface area contributed by atoms with Gasteiger partial charge < -0.3 is 10.2 Å². The Balaban J connectivity index is 1.69. The van der Waals surface area contributed by atoms with Crippen LogP contribution in [-0.2, 0) is 0 Å². The Labute approximate surface area is 128 Å². The maximum atomic E-state index is 12.6. The largest absolute Gasteiger partial charge is 0.334 e. The van der Waals surface area contributed by atoms with Crippen molar-refractivity contribution >= 4 is 21.8 Å². The smallest absolute Gasteiger partial charge is 0.272 e. The lowest BCUT2D eigenvalue weighted by Crippen LogP contribution is -2.42. The number of pyridine rings is 1. The zero-order chi connectivity index (χ0) is 13.9. The molecular formula is C15H20BrN3O. The molecule has 0 spiro atoms. The van der Waals surface area contributed by atoms with Crippen LogP contribution in [0.25, 0.3) is 0 Å². The van der Waals surface area contributed by atoms with Gasteiger partial charge in [-0.05, 0) is 72.8 Å². The summed E-state index contributed by atoms with van der Waals surface area (Å²) < 4.78 is 0.906. The highest BCUT2D eigenvalue weighted by Gasteiger charge is 2.35. The Bertz CT molecular complexity index is 467. The molecule has 2 heterocycles. The molecule has 1 amide bonds. The van der Waals surface area contributed by atoms with E-state index in [1.54, 1.807) is 12.3 Å². The number of rotatable bonds is 4. The molecule has 2 aliphatic rings. The first-order valence-corrected chi connectivity index (χ1v) is 8.16. The zero-order valence-electron chi connectivity index (χ0n) is 11.5. The lowest BCUT2D eigenvalue weighted by atomic mass is 9.99. The van der Waals surface area contributed by atoms with E-state index >= 15 is 0 Å². The lowest BCUT2D eigenvalue weighted by Gasteiger charge is -2.30. The van der Waals surface area contributed by atoms with Gasteiger partial charge in [0.05, 0.1) is 0 Å². The molecule has 1 unspecified atom stereocenters. The lowest BCUT2D eigenvalue weighted by molar-refractivity contribution is 0.0698. The predicted molar refractivity (Wildman–Crippen MR) is 81.6 cm³/mol. The van der Waals surface area contributed by atoms with Gasteiger partial charge in [0.2, 0.25) is 0 Å². The number of piperidine rings is 1. The second-order valence-electron chi connectivity index (χ2n) is 5.76. The average Bonchev–Trinajstić information content (AvgIpc) is 3.30. The van der Waals surface area contributed by atoms with Gasteiger partial charge in [-0.25, -0.2) is 4.98 Å². The minimum Gasteiger partial charge on any atom is -0.334 e. The fourth-order valence-corrected chi connectivity index (χ4v) is 3.03. The molecule has 1 aliphatic carbocycles. The number of aromatic nitrogens is 1. The Morgan fingerprint density at radius 3 is 2.85 bits per heavy atom. The molecule has 1 aromatic rings. The number of nitrogens with zero attached hydrogens (tertiary/aromatic N) is 2. The van der Waals surface area contributed by atoms with Gasteiger partial charge in [0.15, 0.2) is 0 Å². The summed E-state index contributed by atoms with van der Waals surface area (Å²) in [6.45, 7) is 3.01. The summed E-state index contributed by atoms with van der Waals surface area (Å²) in [4.78, 5) is 18.9. The van der Waals surface area contributed by atoms with E-state index < -0.39 is 0 Å². The summed E-state index contributed by atoms with van der Waals surface area (Å²) in [7, 11) is 0. The SMILES string of the molecule is O=C(c1ccc(Br)cn1)N(CC1CCCNC1)C1CC1. The van der Waals surface area contributed by atoms with Crippen LogP contribution in [0.4, 0.5) is 0 Å². The molecule has 5 heteroatoms. The molecule has 3 rings (SSSR count). The molecule has 2 fully saturated rings. The molecule has 0 aromatic carbocycles. The minimum absolute atomic E-state index is 0.0885. The highest BCUT2D eigenvalue weighted by Crippen LogP contribution is 2.29. The molecule has 20 heavy (non-hydrogen) atoms. The average molecular weight is 338 g/mol. The first-order chi connectivity index (χ1) is 9.74. The standard InChI is InChI=1S/C15H20BrN3O/c16-12-3-6-14(18-9-12)15(20)19(13-4-5-13)10-11-2-1-7-17-8-11/h3,6,9,11,13,17H,1-2,4-5,7-8,10H2. The number of carbonyl (C=O) groups is 1. The van der Waals surface area contributed by atoms with Crippen molar-refractivity contribution < 1.29 is 4.79 Å². The van der Waals surface area contributed by atoms with E-state index in [9.17, 15) is 4.79 Å². The molecule has 1 aromatic heterocycles. The summed E-state index contributed by atoms with van der Waals surface area (Å²) in [6.07, 6.45) is 6.41. The van der Waals surface area contributed by atoms with Crippen LogP contribution in [0.2, 0.25) is 0 Å². The van der Waals surface area contributed by atoms with Crippen LogP contribution < -0.4 is 5.32 Å². The minimum atomic E-state index is 0.0885. The number of carbonyl (C=O) groups excluding carboxylic acids is 1. The van der Waals surface area contributed by atoms with Crippen molar-refractivity contribution in [1.82, 2.24) is 15.2 Å². The summed E-state index contributed by atoms with van der Waals surface area (Å²) in [5.41, 5.74) is 0.559. The number of halogens is 1. The topological polar surface area (TPSA) is 45.2 Å². The van der Waals surface area contributed by atoms with Gasteiger partial charge in [-0.3, -0.25) is 4.79 Å². The van der Waals surface area contributed by atoms with Gasteiger partial charge in [-0.2, -0.15) is 0 Å². The van der Waals surface area contributed by atoms with Crippen LogP contribution in [0.1, 0.15) is 36.2 Å². The second-order valence-corrected chi connectivity index (χ2v) is 6.68. The van der Waals surface area contributed by atoms with Crippen molar-refractivity contribution in [2.24, 2.45) is 5.92 Å². The van der Waals surface area contributed by atoms with Crippen LogP contribution in [0.5, 0.6) is 0 Å². The number of amides is 1. The van der Waals surface area contributed by atoms with Gasteiger partial charge in [-0.1, -0.05) is 0 Å². The van der Waals surface area contributed by atoms with Crippen molar-refractivity contribution in [2.75, 3.05) is 19.6 Å². The Morgan fingerprint density at radius 2 is 2.25 bits per heavy atom. The van der Waals surface area contributed by atoms with Crippen LogP contribution in [0, 0.1) is 5.92 Å². The highest BCUT2D eigenvalue weighted by molar-refractivity contribution is 9.10. The molecule has 4 nitrogen and oxygen atoms in total. The fourth-order valence-electron chi connectivity index (χ4n) is 2.79. The van der Waals surface area contributed by atoms with Crippen molar-refractivity contribution in [2.45, 2.75) is 31.7 Å². The van der Waals surface area contributed by atoms with Crippen LogP contribution in [-0.4, -0.2) is 41.5 Å². The van der Waals surface area contributed by atoms with Gasteiger partial charge in [-0.15, -0.1) is 0 Å². The van der Waals surface area contributed by atoms with Crippen LogP contribution in [0.15, 0.2) is 22.8 Å². The third-order valence-corrected chi connectivity index (χ3v) is 4.52. The third-order valence-electron chi connectivity index (χ3n) is 4.05. The zero-order valence-corrected chi connectivity index (χ0v) is 13.1. The van der Waals surface area contributed by atoms with E-state index in [0.29, 0.717) is 17.7 Å². The molecule has 0 bridgehead atoms. The van der Waals surface area contributed by atoms with Gasteiger partial charge in [0.25, 0.3) is 5.91 Å². The van der Waals surface area contributed by atoms with Gasteiger partial charge in [0.1, 0.15) is 5.69 Å². The monoisotopic (exact) mass is 337 g/mol. The third kappa shape index (κ3) is 3.38. The fraction of sp³-hybridized carbons (Fsp3) is 0.600. The normalized spacial score (nSPS) is 22.6. The van der Waals surface area contributed by atoms with Gasteiger partial charge >= 0.3 is 0 Å².